The molecule has 0 spiro atoms. The molecule has 106 valence electrons. The summed E-state index contributed by atoms with van der Waals surface area (Å²) in [7, 11) is 3.98. The first kappa shape index (κ1) is 14.4. The second kappa shape index (κ2) is 6.46. The Balaban J connectivity index is 2.07. The first-order valence-corrected chi connectivity index (χ1v) is 7.03. The normalized spacial score (nSPS) is 27.7. The van der Waals surface area contributed by atoms with Gasteiger partial charge in [0, 0.05) is 38.1 Å². The molecule has 0 bridgehead atoms. The quantitative estimate of drug-likeness (QED) is 0.880. The maximum absolute atomic E-state index is 6.10. The Bertz CT molecular complexity index is 384. The van der Waals surface area contributed by atoms with Crippen LogP contribution in [0.1, 0.15) is 31.2 Å². The van der Waals surface area contributed by atoms with Crippen LogP contribution in [-0.4, -0.2) is 42.2 Å². The van der Waals surface area contributed by atoms with Gasteiger partial charge in [0.1, 0.15) is 0 Å². The molecule has 2 rings (SSSR count). The molecule has 0 saturated heterocycles. The number of rotatable bonds is 5. The van der Waals surface area contributed by atoms with E-state index in [-0.39, 0.29) is 5.54 Å². The zero-order valence-electron chi connectivity index (χ0n) is 12.0. The maximum atomic E-state index is 6.10. The van der Waals surface area contributed by atoms with E-state index in [1.165, 1.54) is 12.0 Å². The average Bonchev–Trinajstić information content (AvgIpc) is 2.48. The standard InChI is InChI=1S/C15H25N3O/c1-18(11-13-5-8-17-9-6-13)15(12-16)7-3-4-14(10-15)19-2/h5-6,8-9,14H,3-4,7,10-12,16H2,1-2H3. The fraction of sp³-hybridized carbons (Fsp3) is 0.667. The number of likely N-dealkylation sites (N-methyl/N-ethyl adjacent to an activating group) is 1. The lowest BCUT2D eigenvalue weighted by Crippen LogP contribution is -2.55. The van der Waals surface area contributed by atoms with Crippen molar-refractivity contribution >= 4 is 0 Å². The third-order valence-electron chi connectivity index (χ3n) is 4.47. The molecule has 0 aliphatic heterocycles. The monoisotopic (exact) mass is 263 g/mol. The van der Waals surface area contributed by atoms with E-state index in [0.29, 0.717) is 12.6 Å². The van der Waals surface area contributed by atoms with Gasteiger partial charge in [-0.05, 0) is 50.4 Å². The van der Waals surface area contributed by atoms with Crippen LogP contribution in [0.5, 0.6) is 0 Å². The van der Waals surface area contributed by atoms with Gasteiger partial charge in [0.25, 0.3) is 0 Å². The van der Waals surface area contributed by atoms with E-state index in [1.807, 2.05) is 12.4 Å². The van der Waals surface area contributed by atoms with E-state index < -0.39 is 0 Å². The third kappa shape index (κ3) is 3.32. The number of hydrogen-bond acceptors (Lipinski definition) is 4. The van der Waals surface area contributed by atoms with Crippen LogP contribution in [0.3, 0.4) is 0 Å². The lowest BCUT2D eigenvalue weighted by molar-refractivity contribution is -0.0149. The highest BCUT2D eigenvalue weighted by Crippen LogP contribution is 2.34. The fourth-order valence-corrected chi connectivity index (χ4v) is 3.11. The number of methoxy groups -OCH3 is 1. The minimum absolute atomic E-state index is 0.0716. The van der Waals surface area contributed by atoms with Gasteiger partial charge in [0.05, 0.1) is 6.10 Å². The van der Waals surface area contributed by atoms with Crippen LogP contribution in [0.2, 0.25) is 0 Å². The van der Waals surface area contributed by atoms with Crippen LogP contribution < -0.4 is 5.73 Å². The van der Waals surface area contributed by atoms with E-state index in [2.05, 4.69) is 29.1 Å². The lowest BCUT2D eigenvalue weighted by Gasteiger charge is -2.46. The Kier molecular flexibility index (Phi) is 4.91. The van der Waals surface area contributed by atoms with Crippen molar-refractivity contribution in [3.63, 3.8) is 0 Å². The average molecular weight is 263 g/mol. The zero-order valence-corrected chi connectivity index (χ0v) is 12.0. The van der Waals surface area contributed by atoms with Gasteiger partial charge in [-0.1, -0.05) is 0 Å². The molecule has 1 aromatic rings. The van der Waals surface area contributed by atoms with E-state index in [4.69, 9.17) is 10.5 Å². The van der Waals surface area contributed by atoms with E-state index >= 15 is 0 Å². The highest BCUT2D eigenvalue weighted by molar-refractivity contribution is 5.10. The molecule has 1 heterocycles. The van der Waals surface area contributed by atoms with Crippen molar-refractivity contribution in [3.8, 4) is 0 Å². The topological polar surface area (TPSA) is 51.4 Å². The van der Waals surface area contributed by atoms with Crippen molar-refractivity contribution < 1.29 is 4.74 Å². The van der Waals surface area contributed by atoms with Crippen LogP contribution in [0.4, 0.5) is 0 Å². The third-order valence-corrected chi connectivity index (χ3v) is 4.47. The Morgan fingerprint density at radius 2 is 2.21 bits per heavy atom. The summed E-state index contributed by atoms with van der Waals surface area (Å²) in [5, 5.41) is 0. The molecule has 0 radical (unpaired) electrons. The summed E-state index contributed by atoms with van der Waals surface area (Å²) in [4.78, 5) is 6.46. The van der Waals surface area contributed by atoms with Crippen molar-refractivity contribution in [3.05, 3.63) is 30.1 Å². The summed E-state index contributed by atoms with van der Waals surface area (Å²) < 4.78 is 5.56. The first-order valence-electron chi connectivity index (χ1n) is 7.03. The number of nitrogens with zero attached hydrogens (tertiary/aromatic N) is 2. The van der Waals surface area contributed by atoms with Crippen molar-refractivity contribution in [2.45, 2.75) is 43.9 Å². The highest BCUT2D eigenvalue weighted by Gasteiger charge is 2.38. The predicted molar refractivity (Wildman–Crippen MR) is 76.8 cm³/mol. The van der Waals surface area contributed by atoms with Crippen LogP contribution >= 0.6 is 0 Å². The van der Waals surface area contributed by atoms with Gasteiger partial charge < -0.3 is 10.5 Å². The molecule has 2 unspecified atom stereocenters. The molecular weight excluding hydrogens is 238 g/mol. The van der Waals surface area contributed by atoms with E-state index in [9.17, 15) is 0 Å². The zero-order chi connectivity index (χ0) is 13.7. The molecule has 2 N–H and O–H groups in total. The van der Waals surface area contributed by atoms with Gasteiger partial charge in [-0.25, -0.2) is 0 Å². The first-order chi connectivity index (χ1) is 9.20. The fourth-order valence-electron chi connectivity index (χ4n) is 3.11. The summed E-state index contributed by atoms with van der Waals surface area (Å²) in [5.74, 6) is 0. The number of ether oxygens (including phenoxy) is 1. The van der Waals surface area contributed by atoms with Crippen LogP contribution in [0, 0.1) is 0 Å². The smallest absolute Gasteiger partial charge is 0.0589 e. The highest BCUT2D eigenvalue weighted by atomic mass is 16.5. The number of pyridine rings is 1. The predicted octanol–water partition coefficient (Wildman–Crippen LogP) is 1.80. The van der Waals surface area contributed by atoms with Crippen molar-refractivity contribution in [2.75, 3.05) is 20.7 Å². The molecule has 1 fully saturated rings. The van der Waals surface area contributed by atoms with Gasteiger partial charge >= 0.3 is 0 Å². The summed E-state index contributed by atoms with van der Waals surface area (Å²) in [6.07, 6.45) is 8.57. The molecule has 1 aromatic heterocycles. The minimum atomic E-state index is 0.0716. The largest absolute Gasteiger partial charge is 0.381 e. The van der Waals surface area contributed by atoms with Gasteiger partial charge in [0.2, 0.25) is 0 Å². The van der Waals surface area contributed by atoms with E-state index in [0.717, 1.165) is 25.8 Å². The Morgan fingerprint density at radius 3 is 2.84 bits per heavy atom. The molecule has 4 heteroatoms. The van der Waals surface area contributed by atoms with Crippen molar-refractivity contribution in [1.29, 1.82) is 0 Å². The number of aromatic nitrogens is 1. The summed E-state index contributed by atoms with van der Waals surface area (Å²) >= 11 is 0. The Hall–Kier alpha value is -0.970. The SMILES string of the molecule is COC1CCCC(CN)(N(C)Cc2ccncc2)C1. The summed E-state index contributed by atoms with van der Waals surface area (Å²) in [5.41, 5.74) is 7.45. The second-order valence-electron chi connectivity index (χ2n) is 5.59. The van der Waals surface area contributed by atoms with Crippen LogP contribution in [0.25, 0.3) is 0 Å². The summed E-state index contributed by atoms with van der Waals surface area (Å²) in [6, 6.07) is 4.13. The molecular formula is C15H25N3O. The minimum Gasteiger partial charge on any atom is -0.381 e. The Morgan fingerprint density at radius 1 is 1.47 bits per heavy atom. The molecule has 1 aliphatic rings. The number of hydrogen-bond donors (Lipinski definition) is 1. The van der Waals surface area contributed by atoms with E-state index in [1.54, 1.807) is 7.11 Å². The molecule has 2 atom stereocenters. The number of nitrogens with two attached hydrogens (primary N) is 1. The van der Waals surface area contributed by atoms with Gasteiger partial charge in [-0.3, -0.25) is 9.88 Å². The lowest BCUT2D eigenvalue weighted by atomic mass is 9.78. The second-order valence-corrected chi connectivity index (χ2v) is 5.59. The van der Waals surface area contributed by atoms with Gasteiger partial charge in [-0.15, -0.1) is 0 Å². The van der Waals surface area contributed by atoms with Gasteiger partial charge in [-0.2, -0.15) is 0 Å². The molecule has 1 aliphatic carbocycles. The van der Waals surface area contributed by atoms with Crippen LogP contribution in [0.15, 0.2) is 24.5 Å². The maximum Gasteiger partial charge on any atom is 0.0589 e. The molecule has 1 saturated carbocycles. The van der Waals surface area contributed by atoms with Gasteiger partial charge in [0.15, 0.2) is 0 Å². The van der Waals surface area contributed by atoms with Crippen molar-refractivity contribution in [1.82, 2.24) is 9.88 Å². The summed E-state index contributed by atoms with van der Waals surface area (Å²) in [6.45, 7) is 1.60. The molecule has 0 aromatic carbocycles. The van der Waals surface area contributed by atoms with Crippen LogP contribution in [-0.2, 0) is 11.3 Å². The van der Waals surface area contributed by atoms with Crippen molar-refractivity contribution in [2.24, 2.45) is 5.73 Å². The molecule has 0 amide bonds. The molecule has 19 heavy (non-hydrogen) atoms. The molecule has 4 nitrogen and oxygen atoms in total. The Labute approximate surface area is 116 Å².